The minimum absolute atomic E-state index is 0.188. The first kappa shape index (κ1) is 22.6. The highest BCUT2D eigenvalue weighted by Gasteiger charge is 2.16. The first-order chi connectivity index (χ1) is 12.9. The van der Waals surface area contributed by atoms with Crippen molar-refractivity contribution in [2.45, 2.75) is 27.7 Å². The molecule has 0 amide bonds. The van der Waals surface area contributed by atoms with E-state index < -0.39 is 34.5 Å². The number of phenolic OH excluding ortho intramolecular Hbond substituents is 6. The maximum Gasteiger partial charge on any atom is 0.200 e. The van der Waals surface area contributed by atoms with Gasteiger partial charge < -0.3 is 30.6 Å². The lowest BCUT2D eigenvalue weighted by Gasteiger charge is -2.06. The van der Waals surface area contributed by atoms with E-state index in [9.17, 15) is 9.59 Å². The van der Waals surface area contributed by atoms with Crippen molar-refractivity contribution < 1.29 is 40.2 Å². The first-order valence-electron chi connectivity index (χ1n) is 8.45. The smallest absolute Gasteiger partial charge is 0.200 e. The second-order valence-electron chi connectivity index (χ2n) is 6.76. The number of phenols is 6. The number of hydrogen-bond acceptors (Lipinski definition) is 8. The summed E-state index contributed by atoms with van der Waals surface area (Å²) in [5.41, 5.74) is 0.376. The van der Waals surface area contributed by atoms with Gasteiger partial charge in [-0.15, -0.1) is 0 Å². The summed E-state index contributed by atoms with van der Waals surface area (Å²) in [4.78, 5) is 22.9. The molecule has 8 heteroatoms. The zero-order valence-corrected chi connectivity index (χ0v) is 16.0. The van der Waals surface area contributed by atoms with Crippen molar-refractivity contribution in [3.05, 3.63) is 35.4 Å². The third-order valence-electron chi connectivity index (χ3n) is 3.76. The molecule has 0 saturated carbocycles. The molecule has 0 aliphatic carbocycles. The van der Waals surface area contributed by atoms with Crippen LogP contribution in [0.2, 0.25) is 0 Å². The van der Waals surface area contributed by atoms with Crippen LogP contribution < -0.4 is 0 Å². The molecule has 0 spiro atoms. The summed E-state index contributed by atoms with van der Waals surface area (Å²) in [6.07, 6.45) is 0. The van der Waals surface area contributed by atoms with Crippen molar-refractivity contribution >= 4 is 11.6 Å². The Bertz CT molecular complexity index is 764. The molecule has 0 bridgehead atoms. The predicted octanol–water partition coefficient (Wildman–Crippen LogP) is 3.28. The van der Waals surface area contributed by atoms with Crippen LogP contribution >= 0.6 is 0 Å². The van der Waals surface area contributed by atoms with E-state index in [-0.39, 0.29) is 34.5 Å². The van der Waals surface area contributed by atoms with Gasteiger partial charge in [-0.05, 0) is 24.3 Å². The van der Waals surface area contributed by atoms with Gasteiger partial charge in [0, 0.05) is 23.0 Å². The molecule has 0 atom stereocenters. The Balaban J connectivity index is 0.000000280. The standard InChI is InChI=1S/2C10H12O4/c2*1-5(2)9(13)6-3-7(11)10(14)8(12)4-6/h2*3-5,11-12,14H,1-2H3. The van der Waals surface area contributed by atoms with E-state index in [4.69, 9.17) is 30.6 Å². The van der Waals surface area contributed by atoms with Crippen molar-refractivity contribution in [2.24, 2.45) is 11.8 Å². The fourth-order valence-corrected chi connectivity index (χ4v) is 2.16. The van der Waals surface area contributed by atoms with Gasteiger partial charge in [-0.3, -0.25) is 9.59 Å². The zero-order chi connectivity index (χ0) is 21.8. The summed E-state index contributed by atoms with van der Waals surface area (Å²) in [5.74, 6) is -4.02. The average Bonchev–Trinajstić information content (AvgIpc) is 2.62. The number of ketones is 2. The van der Waals surface area contributed by atoms with Crippen LogP contribution in [0.4, 0.5) is 0 Å². The molecule has 0 aliphatic heterocycles. The van der Waals surface area contributed by atoms with Crippen LogP contribution in [0.1, 0.15) is 48.4 Å². The van der Waals surface area contributed by atoms with Crippen molar-refractivity contribution in [3.63, 3.8) is 0 Å². The second kappa shape index (κ2) is 8.98. The van der Waals surface area contributed by atoms with Crippen LogP contribution in [0.25, 0.3) is 0 Å². The molecular formula is C20H24O8. The van der Waals surface area contributed by atoms with Crippen LogP contribution in [0.15, 0.2) is 24.3 Å². The fourth-order valence-electron chi connectivity index (χ4n) is 2.16. The maximum absolute atomic E-state index is 11.5. The molecule has 6 N–H and O–H groups in total. The molecule has 0 aromatic heterocycles. The van der Waals surface area contributed by atoms with Gasteiger partial charge in [0.1, 0.15) is 0 Å². The Morgan fingerprint density at radius 1 is 0.571 bits per heavy atom. The summed E-state index contributed by atoms with van der Waals surface area (Å²) in [7, 11) is 0. The topological polar surface area (TPSA) is 156 Å². The highest BCUT2D eigenvalue weighted by atomic mass is 16.3. The second-order valence-corrected chi connectivity index (χ2v) is 6.76. The van der Waals surface area contributed by atoms with Gasteiger partial charge in [0.15, 0.2) is 46.1 Å². The number of benzene rings is 2. The van der Waals surface area contributed by atoms with Gasteiger partial charge in [0.25, 0.3) is 0 Å². The number of Topliss-reactive ketones (excluding diaryl/α,β-unsaturated/α-hetero) is 2. The number of rotatable bonds is 4. The van der Waals surface area contributed by atoms with Crippen molar-refractivity contribution in [1.82, 2.24) is 0 Å². The molecule has 2 aromatic carbocycles. The average molecular weight is 392 g/mol. The highest BCUT2D eigenvalue weighted by Crippen LogP contribution is 2.36. The van der Waals surface area contributed by atoms with E-state index in [2.05, 4.69) is 0 Å². The summed E-state index contributed by atoms with van der Waals surface area (Å²) >= 11 is 0. The van der Waals surface area contributed by atoms with E-state index in [1.807, 2.05) is 0 Å². The zero-order valence-electron chi connectivity index (χ0n) is 16.0. The summed E-state index contributed by atoms with van der Waals surface area (Å²) in [6, 6.07) is 4.55. The van der Waals surface area contributed by atoms with Gasteiger partial charge in [-0.1, -0.05) is 27.7 Å². The normalized spacial score (nSPS) is 10.5. The molecule has 0 fully saturated rings. The Morgan fingerprint density at radius 3 is 0.964 bits per heavy atom. The number of hydrogen-bond donors (Lipinski definition) is 6. The Hall–Kier alpha value is -3.42. The van der Waals surface area contributed by atoms with Crippen LogP contribution in [0.3, 0.4) is 0 Å². The van der Waals surface area contributed by atoms with Crippen molar-refractivity contribution in [3.8, 4) is 34.5 Å². The minimum Gasteiger partial charge on any atom is -0.504 e. The largest absolute Gasteiger partial charge is 0.504 e. The van der Waals surface area contributed by atoms with Crippen LogP contribution in [0, 0.1) is 11.8 Å². The van der Waals surface area contributed by atoms with Crippen LogP contribution in [-0.4, -0.2) is 42.2 Å². The summed E-state index contributed by atoms with van der Waals surface area (Å²) in [5, 5.41) is 54.7. The first-order valence-corrected chi connectivity index (χ1v) is 8.45. The predicted molar refractivity (Wildman–Crippen MR) is 101 cm³/mol. The van der Waals surface area contributed by atoms with Gasteiger partial charge in [0.05, 0.1) is 0 Å². The molecular weight excluding hydrogens is 368 g/mol. The quantitative estimate of drug-likeness (QED) is 0.342. The monoisotopic (exact) mass is 392 g/mol. The third-order valence-corrected chi connectivity index (χ3v) is 3.76. The molecule has 2 aromatic rings. The summed E-state index contributed by atoms with van der Waals surface area (Å²) < 4.78 is 0. The molecule has 0 heterocycles. The molecule has 152 valence electrons. The molecule has 0 unspecified atom stereocenters. The third kappa shape index (κ3) is 5.29. The summed E-state index contributed by atoms with van der Waals surface area (Å²) in [6.45, 7) is 6.85. The maximum atomic E-state index is 11.5. The Labute approximate surface area is 162 Å². The molecule has 0 aliphatic rings. The van der Waals surface area contributed by atoms with E-state index in [1.54, 1.807) is 27.7 Å². The van der Waals surface area contributed by atoms with E-state index in [0.717, 1.165) is 24.3 Å². The molecule has 2 rings (SSSR count). The van der Waals surface area contributed by atoms with E-state index in [0.29, 0.717) is 0 Å². The van der Waals surface area contributed by atoms with Crippen molar-refractivity contribution in [2.75, 3.05) is 0 Å². The Morgan fingerprint density at radius 2 is 0.786 bits per heavy atom. The lowest BCUT2D eigenvalue weighted by molar-refractivity contribution is 0.0931. The molecule has 0 radical (unpaired) electrons. The van der Waals surface area contributed by atoms with Crippen molar-refractivity contribution in [1.29, 1.82) is 0 Å². The van der Waals surface area contributed by atoms with Crippen LogP contribution in [-0.2, 0) is 0 Å². The Kier molecular flexibility index (Phi) is 7.26. The van der Waals surface area contributed by atoms with Gasteiger partial charge in [0.2, 0.25) is 0 Å². The van der Waals surface area contributed by atoms with Gasteiger partial charge in [-0.25, -0.2) is 0 Å². The minimum atomic E-state index is -0.606. The van der Waals surface area contributed by atoms with Gasteiger partial charge >= 0.3 is 0 Å². The number of aromatic hydroxyl groups is 6. The lowest BCUT2D eigenvalue weighted by Crippen LogP contribution is -2.06. The number of carbonyl (C=O) groups is 2. The molecule has 8 nitrogen and oxygen atoms in total. The van der Waals surface area contributed by atoms with Crippen LogP contribution in [0.5, 0.6) is 34.5 Å². The molecule has 28 heavy (non-hydrogen) atoms. The number of carbonyl (C=O) groups excluding carboxylic acids is 2. The highest BCUT2D eigenvalue weighted by molar-refractivity contribution is 5.99. The fraction of sp³-hybridized carbons (Fsp3) is 0.300. The van der Waals surface area contributed by atoms with E-state index >= 15 is 0 Å². The lowest BCUT2D eigenvalue weighted by atomic mass is 10.0. The molecule has 0 saturated heterocycles. The van der Waals surface area contributed by atoms with Gasteiger partial charge in [-0.2, -0.15) is 0 Å². The van der Waals surface area contributed by atoms with E-state index in [1.165, 1.54) is 0 Å². The SMILES string of the molecule is CC(C)C(=O)c1cc(O)c(O)c(O)c1.CC(C)C(=O)c1cc(O)c(O)c(O)c1.